The molecule has 1 atom stereocenters. The number of carbonyl (C=O) groups is 1. The van der Waals surface area contributed by atoms with Crippen molar-refractivity contribution in [2.24, 2.45) is 0 Å². The second kappa shape index (κ2) is 7.91. The standard InChI is InChI=1S/C16H13Cl3N2O4/c1-10-4-2-3-5-13(10)14(22)20-15(16(17,18)19)25-12-8-6-11(7-9-12)21(23)24/h2-9,15H,1H3,(H,20,22)/t15-/m1/s1. The molecule has 6 nitrogen and oxygen atoms in total. The Morgan fingerprint density at radius 3 is 2.28 bits per heavy atom. The van der Waals surface area contributed by atoms with Gasteiger partial charge < -0.3 is 10.1 Å². The second-order valence-electron chi connectivity index (χ2n) is 5.08. The summed E-state index contributed by atoms with van der Waals surface area (Å²) < 4.78 is 3.54. The molecule has 1 amide bonds. The Hall–Kier alpha value is -2.02. The molecule has 0 radical (unpaired) electrons. The first kappa shape index (κ1) is 19.3. The van der Waals surface area contributed by atoms with Gasteiger partial charge in [0.1, 0.15) is 5.75 Å². The minimum atomic E-state index is -1.96. The molecule has 2 aromatic carbocycles. The summed E-state index contributed by atoms with van der Waals surface area (Å²) in [6.45, 7) is 1.77. The third-order valence-electron chi connectivity index (χ3n) is 3.25. The molecule has 0 heterocycles. The fourth-order valence-electron chi connectivity index (χ4n) is 1.99. The summed E-state index contributed by atoms with van der Waals surface area (Å²) in [5.74, 6) is -0.275. The van der Waals surface area contributed by atoms with Gasteiger partial charge in [0, 0.05) is 17.7 Å². The minimum absolute atomic E-state index is 0.110. The number of nitro groups is 1. The van der Waals surface area contributed by atoms with E-state index in [4.69, 9.17) is 39.5 Å². The van der Waals surface area contributed by atoms with E-state index < -0.39 is 20.9 Å². The van der Waals surface area contributed by atoms with Crippen molar-refractivity contribution in [1.29, 1.82) is 0 Å². The number of hydrogen-bond acceptors (Lipinski definition) is 4. The molecule has 2 aromatic rings. The Bertz CT molecular complexity index is 776. The smallest absolute Gasteiger partial charge is 0.269 e. The highest BCUT2D eigenvalue weighted by Crippen LogP contribution is 2.32. The number of aryl methyl sites for hydroxylation is 1. The van der Waals surface area contributed by atoms with Gasteiger partial charge in [-0.25, -0.2) is 0 Å². The highest BCUT2D eigenvalue weighted by Gasteiger charge is 2.36. The molecule has 0 aliphatic rings. The summed E-state index contributed by atoms with van der Waals surface area (Å²) in [6, 6.07) is 12.1. The number of ether oxygens (including phenoxy) is 1. The number of nitrogens with one attached hydrogen (secondary N) is 1. The van der Waals surface area contributed by atoms with Crippen LogP contribution in [-0.4, -0.2) is 20.9 Å². The molecule has 0 aliphatic carbocycles. The first-order valence-electron chi connectivity index (χ1n) is 7.03. The largest absolute Gasteiger partial charge is 0.466 e. The van der Waals surface area contributed by atoms with Gasteiger partial charge in [-0.1, -0.05) is 53.0 Å². The number of benzene rings is 2. The Morgan fingerprint density at radius 1 is 1.16 bits per heavy atom. The summed E-state index contributed by atoms with van der Waals surface area (Å²) in [4.78, 5) is 22.5. The van der Waals surface area contributed by atoms with E-state index in [1.807, 2.05) is 0 Å². The minimum Gasteiger partial charge on any atom is -0.466 e. The lowest BCUT2D eigenvalue weighted by Crippen LogP contribution is -2.48. The zero-order valence-electron chi connectivity index (χ0n) is 12.9. The van der Waals surface area contributed by atoms with Crippen LogP contribution in [0.2, 0.25) is 0 Å². The molecular weight excluding hydrogens is 391 g/mol. The monoisotopic (exact) mass is 402 g/mol. The van der Waals surface area contributed by atoms with Crippen molar-refractivity contribution in [1.82, 2.24) is 5.32 Å². The number of nitrogens with zero attached hydrogens (tertiary/aromatic N) is 1. The molecule has 2 rings (SSSR count). The van der Waals surface area contributed by atoms with Crippen molar-refractivity contribution >= 4 is 46.4 Å². The summed E-state index contributed by atoms with van der Waals surface area (Å²) in [6.07, 6.45) is -1.30. The van der Waals surface area contributed by atoms with Gasteiger partial charge in [-0.05, 0) is 30.7 Å². The Kier molecular flexibility index (Phi) is 6.11. The average molecular weight is 404 g/mol. The van der Waals surface area contributed by atoms with Gasteiger partial charge in [0.2, 0.25) is 10.0 Å². The molecule has 25 heavy (non-hydrogen) atoms. The van der Waals surface area contributed by atoms with Crippen molar-refractivity contribution in [3.8, 4) is 5.75 Å². The molecule has 0 aromatic heterocycles. The summed E-state index contributed by atoms with van der Waals surface area (Å²) >= 11 is 17.7. The van der Waals surface area contributed by atoms with Gasteiger partial charge in [0.05, 0.1) is 4.92 Å². The first-order valence-corrected chi connectivity index (χ1v) is 8.16. The molecule has 0 spiro atoms. The van der Waals surface area contributed by atoms with Gasteiger partial charge in [0.15, 0.2) is 0 Å². The van der Waals surface area contributed by atoms with Gasteiger partial charge in [0.25, 0.3) is 11.6 Å². The molecule has 1 N–H and O–H groups in total. The number of rotatable bonds is 5. The maximum absolute atomic E-state index is 12.4. The normalized spacial score (nSPS) is 12.3. The lowest BCUT2D eigenvalue weighted by molar-refractivity contribution is -0.384. The van der Waals surface area contributed by atoms with Gasteiger partial charge in [-0.2, -0.15) is 0 Å². The summed E-state index contributed by atoms with van der Waals surface area (Å²) in [5, 5.41) is 13.2. The van der Waals surface area contributed by atoms with Crippen molar-refractivity contribution in [2.75, 3.05) is 0 Å². The Morgan fingerprint density at radius 2 is 1.76 bits per heavy atom. The average Bonchev–Trinajstić information content (AvgIpc) is 2.54. The second-order valence-corrected chi connectivity index (χ2v) is 7.45. The third kappa shape index (κ3) is 5.22. The number of halogens is 3. The van der Waals surface area contributed by atoms with E-state index in [2.05, 4.69) is 5.32 Å². The van der Waals surface area contributed by atoms with Crippen LogP contribution in [0.5, 0.6) is 5.75 Å². The number of non-ortho nitro benzene ring substituents is 1. The van der Waals surface area contributed by atoms with E-state index in [0.717, 1.165) is 5.56 Å². The van der Waals surface area contributed by atoms with Crippen LogP contribution >= 0.6 is 34.8 Å². The maximum atomic E-state index is 12.4. The first-order chi connectivity index (χ1) is 11.7. The Balaban J connectivity index is 2.18. The predicted octanol–water partition coefficient (Wildman–Crippen LogP) is 4.41. The van der Waals surface area contributed by atoms with Crippen LogP contribution in [0.15, 0.2) is 48.5 Å². The van der Waals surface area contributed by atoms with Crippen molar-refractivity contribution in [3.05, 3.63) is 69.8 Å². The number of hydrogen-bond donors (Lipinski definition) is 1. The van der Waals surface area contributed by atoms with Gasteiger partial charge >= 0.3 is 0 Å². The van der Waals surface area contributed by atoms with E-state index >= 15 is 0 Å². The SMILES string of the molecule is Cc1ccccc1C(=O)N[C@H](Oc1ccc([N+](=O)[O-])cc1)C(Cl)(Cl)Cl. The summed E-state index contributed by atoms with van der Waals surface area (Å²) in [7, 11) is 0. The van der Waals surface area contributed by atoms with Gasteiger partial charge in [-0.15, -0.1) is 0 Å². The zero-order chi connectivity index (χ0) is 18.6. The predicted molar refractivity (Wildman–Crippen MR) is 96.4 cm³/mol. The van der Waals surface area contributed by atoms with Crippen LogP contribution in [0.3, 0.4) is 0 Å². The highest BCUT2D eigenvalue weighted by molar-refractivity contribution is 6.68. The number of alkyl halides is 3. The Labute approximate surface area is 158 Å². The quantitative estimate of drug-likeness (QED) is 0.347. The fraction of sp³-hybridized carbons (Fsp3) is 0.188. The van der Waals surface area contributed by atoms with E-state index in [1.54, 1.807) is 31.2 Å². The van der Waals surface area contributed by atoms with Crippen LogP contribution in [0.25, 0.3) is 0 Å². The van der Waals surface area contributed by atoms with Crippen molar-refractivity contribution < 1.29 is 14.5 Å². The number of carbonyl (C=O) groups excluding carboxylic acids is 1. The van der Waals surface area contributed by atoms with Crippen LogP contribution in [-0.2, 0) is 0 Å². The molecule has 0 saturated carbocycles. The van der Waals surface area contributed by atoms with Crippen LogP contribution in [0, 0.1) is 17.0 Å². The van der Waals surface area contributed by atoms with Gasteiger partial charge in [-0.3, -0.25) is 14.9 Å². The maximum Gasteiger partial charge on any atom is 0.269 e. The van der Waals surface area contributed by atoms with Crippen LogP contribution in [0.1, 0.15) is 15.9 Å². The van der Waals surface area contributed by atoms with E-state index in [0.29, 0.717) is 5.56 Å². The van der Waals surface area contributed by atoms with E-state index in [-0.39, 0.29) is 11.4 Å². The molecule has 0 aliphatic heterocycles. The summed E-state index contributed by atoms with van der Waals surface area (Å²) in [5.41, 5.74) is 1.05. The van der Waals surface area contributed by atoms with E-state index in [1.165, 1.54) is 24.3 Å². The lowest BCUT2D eigenvalue weighted by Gasteiger charge is -2.26. The molecule has 0 saturated heterocycles. The molecule has 0 fully saturated rings. The fourth-order valence-corrected chi connectivity index (χ4v) is 2.28. The topological polar surface area (TPSA) is 81.5 Å². The molecule has 0 unspecified atom stereocenters. The molecular formula is C16H13Cl3N2O4. The number of nitro benzene ring substituents is 1. The molecule has 9 heteroatoms. The van der Waals surface area contributed by atoms with Crippen molar-refractivity contribution in [2.45, 2.75) is 16.9 Å². The molecule has 132 valence electrons. The lowest BCUT2D eigenvalue weighted by atomic mass is 10.1. The van der Waals surface area contributed by atoms with E-state index in [9.17, 15) is 14.9 Å². The zero-order valence-corrected chi connectivity index (χ0v) is 15.2. The van der Waals surface area contributed by atoms with Crippen LogP contribution in [0.4, 0.5) is 5.69 Å². The van der Waals surface area contributed by atoms with Crippen molar-refractivity contribution in [3.63, 3.8) is 0 Å². The number of amides is 1. The molecule has 0 bridgehead atoms. The third-order valence-corrected chi connectivity index (χ3v) is 3.85. The van der Waals surface area contributed by atoms with Crippen LogP contribution < -0.4 is 10.1 Å². The highest BCUT2D eigenvalue weighted by atomic mass is 35.6.